The molecule has 1 amide bonds. The molecule has 4 aromatic rings. The molecule has 1 unspecified atom stereocenters. The van der Waals surface area contributed by atoms with Crippen LogP contribution in [-0.4, -0.2) is 28.6 Å². The number of carbonyl (C=O) groups is 1. The maximum absolute atomic E-state index is 12.3. The molecule has 3 aromatic carbocycles. The lowest BCUT2D eigenvalue weighted by Crippen LogP contribution is -2.24. The van der Waals surface area contributed by atoms with Crippen molar-refractivity contribution in [3.05, 3.63) is 95.3 Å². The number of nitrogens with one attached hydrogen (secondary N) is 1. The monoisotopic (exact) mass is 497 g/mol. The Morgan fingerprint density at radius 3 is 2.49 bits per heavy atom. The fourth-order valence-electron chi connectivity index (χ4n) is 4.54. The Morgan fingerprint density at radius 2 is 1.73 bits per heavy atom. The number of para-hydroxylation sites is 2. The number of aryl methyl sites for hydroxylation is 2. The lowest BCUT2D eigenvalue weighted by atomic mass is 9.99. The molecular formula is C32H39N3O2. The van der Waals surface area contributed by atoms with E-state index in [0.717, 1.165) is 66.8 Å². The van der Waals surface area contributed by atoms with Gasteiger partial charge in [-0.2, -0.15) is 0 Å². The van der Waals surface area contributed by atoms with Crippen molar-refractivity contribution in [3.63, 3.8) is 0 Å². The Bertz CT molecular complexity index is 1280. The molecule has 0 spiro atoms. The molecule has 0 aliphatic heterocycles. The van der Waals surface area contributed by atoms with Gasteiger partial charge in [-0.05, 0) is 74.1 Å². The van der Waals surface area contributed by atoms with Crippen LogP contribution in [0.5, 0.6) is 5.75 Å². The summed E-state index contributed by atoms with van der Waals surface area (Å²) in [5.41, 5.74) is 5.41. The molecule has 1 heterocycles. The van der Waals surface area contributed by atoms with E-state index in [1.165, 1.54) is 5.56 Å². The van der Waals surface area contributed by atoms with E-state index in [0.29, 0.717) is 24.6 Å². The molecule has 5 heteroatoms. The molecule has 0 saturated carbocycles. The molecular weight excluding hydrogens is 458 g/mol. The highest BCUT2D eigenvalue weighted by molar-refractivity contribution is 5.94. The lowest BCUT2D eigenvalue weighted by Gasteiger charge is -2.13. The number of imidazole rings is 1. The summed E-state index contributed by atoms with van der Waals surface area (Å²) in [7, 11) is 0. The van der Waals surface area contributed by atoms with Crippen molar-refractivity contribution < 1.29 is 9.53 Å². The minimum Gasteiger partial charge on any atom is -0.492 e. The minimum absolute atomic E-state index is 0.00342. The normalized spacial score (nSPS) is 12.0. The van der Waals surface area contributed by atoms with E-state index < -0.39 is 0 Å². The smallest absolute Gasteiger partial charge is 0.251 e. The van der Waals surface area contributed by atoms with E-state index in [2.05, 4.69) is 66.2 Å². The first-order valence-electron chi connectivity index (χ1n) is 13.6. The average Bonchev–Trinajstić information content (AvgIpc) is 3.28. The van der Waals surface area contributed by atoms with Crippen LogP contribution >= 0.6 is 0 Å². The number of fused-ring (bicyclic) bond motifs is 1. The van der Waals surface area contributed by atoms with Gasteiger partial charge in [-0.15, -0.1) is 0 Å². The summed E-state index contributed by atoms with van der Waals surface area (Å²) < 4.78 is 8.38. The lowest BCUT2D eigenvalue weighted by molar-refractivity contribution is 0.0953. The maximum Gasteiger partial charge on any atom is 0.251 e. The fourth-order valence-corrected chi connectivity index (χ4v) is 4.54. The third kappa shape index (κ3) is 7.22. The molecule has 0 saturated heterocycles. The number of hydrogen-bond acceptors (Lipinski definition) is 3. The van der Waals surface area contributed by atoms with Crippen LogP contribution < -0.4 is 10.1 Å². The second kappa shape index (κ2) is 13.1. The maximum atomic E-state index is 12.3. The van der Waals surface area contributed by atoms with Gasteiger partial charge < -0.3 is 14.6 Å². The number of hydrogen-bond donors (Lipinski definition) is 1. The van der Waals surface area contributed by atoms with Crippen molar-refractivity contribution in [3.8, 4) is 5.75 Å². The minimum atomic E-state index is -0.00342. The number of aromatic nitrogens is 2. The van der Waals surface area contributed by atoms with Gasteiger partial charge in [-0.1, -0.05) is 62.2 Å². The van der Waals surface area contributed by atoms with Crippen molar-refractivity contribution in [2.45, 2.75) is 65.3 Å². The van der Waals surface area contributed by atoms with E-state index in [1.807, 2.05) is 37.3 Å². The number of nitrogens with zero attached hydrogens (tertiary/aromatic N) is 2. The van der Waals surface area contributed by atoms with E-state index in [9.17, 15) is 4.79 Å². The largest absolute Gasteiger partial charge is 0.492 e. The number of benzene rings is 3. The van der Waals surface area contributed by atoms with Crippen molar-refractivity contribution in [1.29, 1.82) is 0 Å². The van der Waals surface area contributed by atoms with Crippen LogP contribution in [0.3, 0.4) is 0 Å². The van der Waals surface area contributed by atoms with Crippen LogP contribution in [0.15, 0.2) is 72.8 Å². The van der Waals surface area contributed by atoms with E-state index >= 15 is 0 Å². The van der Waals surface area contributed by atoms with Crippen LogP contribution in [0.1, 0.15) is 72.8 Å². The first kappa shape index (κ1) is 26.5. The molecule has 0 aliphatic rings. The van der Waals surface area contributed by atoms with E-state index in [4.69, 9.17) is 9.72 Å². The summed E-state index contributed by atoms with van der Waals surface area (Å²) >= 11 is 0. The van der Waals surface area contributed by atoms with Crippen LogP contribution in [0, 0.1) is 6.92 Å². The molecule has 5 nitrogen and oxygen atoms in total. The number of ether oxygens (including phenoxy) is 1. The van der Waals surface area contributed by atoms with Gasteiger partial charge in [0.2, 0.25) is 0 Å². The zero-order chi connectivity index (χ0) is 26.0. The quantitative estimate of drug-likeness (QED) is 0.201. The molecule has 0 aliphatic carbocycles. The van der Waals surface area contributed by atoms with Crippen molar-refractivity contribution in [2.24, 2.45) is 0 Å². The Hall–Kier alpha value is -3.60. The molecule has 37 heavy (non-hydrogen) atoms. The molecule has 0 fully saturated rings. The zero-order valence-corrected chi connectivity index (χ0v) is 22.4. The molecule has 194 valence electrons. The predicted molar refractivity (Wildman–Crippen MR) is 151 cm³/mol. The highest BCUT2D eigenvalue weighted by Crippen LogP contribution is 2.22. The van der Waals surface area contributed by atoms with Crippen molar-refractivity contribution >= 4 is 16.9 Å². The van der Waals surface area contributed by atoms with E-state index in [-0.39, 0.29) is 5.91 Å². The van der Waals surface area contributed by atoms with Gasteiger partial charge in [0, 0.05) is 18.5 Å². The molecule has 4 rings (SSSR count). The second-order valence-electron chi connectivity index (χ2n) is 9.83. The van der Waals surface area contributed by atoms with E-state index in [1.54, 1.807) is 0 Å². The van der Waals surface area contributed by atoms with Gasteiger partial charge >= 0.3 is 0 Å². The topological polar surface area (TPSA) is 56.1 Å². The van der Waals surface area contributed by atoms with Gasteiger partial charge in [0.25, 0.3) is 5.91 Å². The third-order valence-corrected chi connectivity index (χ3v) is 7.06. The number of carbonyl (C=O) groups excluding carboxylic acids is 1. The Morgan fingerprint density at radius 1 is 0.973 bits per heavy atom. The fraction of sp³-hybridized carbons (Fsp3) is 0.375. The number of rotatable bonds is 13. The number of amides is 1. The van der Waals surface area contributed by atoms with Crippen LogP contribution in [-0.2, 0) is 13.0 Å². The molecule has 0 bridgehead atoms. The summed E-state index contributed by atoms with van der Waals surface area (Å²) in [6.45, 7) is 8.54. The van der Waals surface area contributed by atoms with Crippen LogP contribution in [0.4, 0.5) is 0 Å². The summed E-state index contributed by atoms with van der Waals surface area (Å²) in [6, 6.07) is 24.5. The zero-order valence-electron chi connectivity index (χ0n) is 22.4. The average molecular weight is 498 g/mol. The van der Waals surface area contributed by atoms with Gasteiger partial charge in [0.05, 0.1) is 17.6 Å². The van der Waals surface area contributed by atoms with Crippen molar-refractivity contribution in [2.75, 3.05) is 13.2 Å². The highest BCUT2D eigenvalue weighted by atomic mass is 16.5. The summed E-state index contributed by atoms with van der Waals surface area (Å²) in [5.74, 6) is 2.57. The number of unbranched alkanes of at least 4 members (excludes halogenated alkanes) is 2. The molecule has 1 N–H and O–H groups in total. The standard InChI is InChI=1S/C32H39N3O2/c1-4-25(3)26-17-19-28(20-18-26)37-23-22-35-30-11-8-7-10-29(30)34-31(35)12-6-5-9-21-33-32(36)27-15-13-24(2)14-16-27/h7-8,10-11,13-20,25H,4-6,9,12,21-23H2,1-3H3,(H,33,36). The van der Waals surface area contributed by atoms with Gasteiger partial charge in [0.1, 0.15) is 18.2 Å². The molecule has 1 aromatic heterocycles. The highest BCUT2D eigenvalue weighted by Gasteiger charge is 2.11. The summed E-state index contributed by atoms with van der Waals surface area (Å²) in [6.07, 6.45) is 5.06. The van der Waals surface area contributed by atoms with Gasteiger partial charge in [-0.25, -0.2) is 4.98 Å². The first-order valence-corrected chi connectivity index (χ1v) is 13.6. The predicted octanol–water partition coefficient (Wildman–Crippen LogP) is 7.08. The van der Waals surface area contributed by atoms with Crippen molar-refractivity contribution in [1.82, 2.24) is 14.9 Å². The third-order valence-electron chi connectivity index (χ3n) is 7.06. The Labute approximate surface area is 220 Å². The van der Waals surface area contributed by atoms with Gasteiger partial charge in [0.15, 0.2) is 0 Å². The Balaban J connectivity index is 1.26. The van der Waals surface area contributed by atoms with Crippen LogP contribution in [0.25, 0.3) is 11.0 Å². The second-order valence-corrected chi connectivity index (χ2v) is 9.83. The summed E-state index contributed by atoms with van der Waals surface area (Å²) in [5, 5.41) is 3.03. The van der Waals surface area contributed by atoms with Gasteiger partial charge in [-0.3, -0.25) is 4.79 Å². The molecule has 1 atom stereocenters. The first-order chi connectivity index (χ1) is 18.0. The molecule has 0 radical (unpaired) electrons. The SMILES string of the molecule is CCC(C)c1ccc(OCCn2c(CCCCCNC(=O)c3ccc(C)cc3)nc3ccccc32)cc1. The Kier molecular flexibility index (Phi) is 9.36. The summed E-state index contributed by atoms with van der Waals surface area (Å²) in [4.78, 5) is 17.2. The van der Waals surface area contributed by atoms with Crippen LogP contribution in [0.2, 0.25) is 0 Å².